The largest absolute Gasteiger partial charge is 0.348 e. The molecule has 6 heteroatoms. The van der Waals surface area contributed by atoms with Crippen molar-refractivity contribution in [3.63, 3.8) is 0 Å². The summed E-state index contributed by atoms with van der Waals surface area (Å²) in [6.45, 7) is 4.95. The van der Waals surface area contributed by atoms with Crippen molar-refractivity contribution in [2.75, 3.05) is 19.6 Å². The smallest absolute Gasteiger partial charge is 0.240 e. The molecule has 0 spiro atoms. The predicted molar refractivity (Wildman–Crippen MR) is 69.0 cm³/mol. The van der Waals surface area contributed by atoms with Crippen LogP contribution in [0.2, 0.25) is 0 Å². The number of likely N-dealkylation sites (tertiary alicyclic amines) is 1. The standard InChI is InChI=1S/C11H21N3O2.ClH/c1-11(2,8-12)13-9(15)7-14-6-4-3-5-10(14)16;/h3-8,12H2,1-2H3,(H,13,15);1H. The van der Waals surface area contributed by atoms with Gasteiger partial charge < -0.3 is 16.0 Å². The highest BCUT2D eigenvalue weighted by Gasteiger charge is 2.23. The van der Waals surface area contributed by atoms with Crippen molar-refractivity contribution in [3.8, 4) is 0 Å². The maximum atomic E-state index is 11.7. The predicted octanol–water partition coefficient (Wildman–Crippen LogP) is 0.274. The van der Waals surface area contributed by atoms with Crippen LogP contribution in [-0.2, 0) is 9.59 Å². The summed E-state index contributed by atoms with van der Waals surface area (Å²) in [5.41, 5.74) is 5.11. The normalized spacial score (nSPS) is 16.4. The van der Waals surface area contributed by atoms with Crippen LogP contribution >= 0.6 is 12.4 Å². The van der Waals surface area contributed by atoms with Gasteiger partial charge in [-0.05, 0) is 26.7 Å². The number of carbonyl (C=O) groups excluding carboxylic acids is 2. The fourth-order valence-electron chi connectivity index (χ4n) is 1.67. The summed E-state index contributed by atoms with van der Waals surface area (Å²) >= 11 is 0. The van der Waals surface area contributed by atoms with Gasteiger partial charge in [-0.1, -0.05) is 0 Å². The first kappa shape index (κ1) is 16.2. The van der Waals surface area contributed by atoms with Gasteiger partial charge in [-0.15, -0.1) is 12.4 Å². The van der Waals surface area contributed by atoms with E-state index in [1.165, 1.54) is 0 Å². The van der Waals surface area contributed by atoms with Crippen molar-refractivity contribution in [3.05, 3.63) is 0 Å². The Bertz CT molecular complexity index is 282. The lowest BCUT2D eigenvalue weighted by molar-refractivity contribution is -0.138. The lowest BCUT2D eigenvalue weighted by Crippen LogP contribution is -2.52. The van der Waals surface area contributed by atoms with Crippen molar-refractivity contribution < 1.29 is 9.59 Å². The molecule has 0 aromatic rings. The van der Waals surface area contributed by atoms with Crippen LogP contribution in [0.25, 0.3) is 0 Å². The van der Waals surface area contributed by atoms with Crippen molar-refractivity contribution >= 4 is 24.2 Å². The molecule has 1 heterocycles. The fourth-order valence-corrected chi connectivity index (χ4v) is 1.67. The van der Waals surface area contributed by atoms with Crippen LogP contribution in [-0.4, -0.2) is 41.9 Å². The number of hydrogen-bond donors (Lipinski definition) is 2. The molecule has 2 amide bonds. The Morgan fingerprint density at radius 3 is 2.65 bits per heavy atom. The van der Waals surface area contributed by atoms with Crippen molar-refractivity contribution in [2.45, 2.75) is 38.6 Å². The van der Waals surface area contributed by atoms with Gasteiger partial charge in [-0.25, -0.2) is 0 Å². The average molecular weight is 264 g/mol. The van der Waals surface area contributed by atoms with Gasteiger partial charge in [0.15, 0.2) is 0 Å². The van der Waals surface area contributed by atoms with Gasteiger partial charge in [-0.2, -0.15) is 0 Å². The minimum absolute atomic E-state index is 0. The van der Waals surface area contributed by atoms with Crippen LogP contribution < -0.4 is 11.1 Å². The molecular weight excluding hydrogens is 242 g/mol. The lowest BCUT2D eigenvalue weighted by Gasteiger charge is -2.29. The monoisotopic (exact) mass is 263 g/mol. The van der Waals surface area contributed by atoms with E-state index in [9.17, 15) is 9.59 Å². The Hall–Kier alpha value is -0.810. The second kappa shape index (κ2) is 6.81. The zero-order valence-electron chi connectivity index (χ0n) is 10.5. The molecule has 0 aliphatic carbocycles. The number of nitrogens with two attached hydrogens (primary N) is 1. The van der Waals surface area contributed by atoms with Crippen LogP contribution in [0.1, 0.15) is 33.1 Å². The second-order valence-corrected chi connectivity index (χ2v) is 4.91. The number of nitrogens with zero attached hydrogens (tertiary/aromatic N) is 1. The molecule has 1 aliphatic rings. The van der Waals surface area contributed by atoms with E-state index in [1.807, 2.05) is 13.8 Å². The van der Waals surface area contributed by atoms with Crippen LogP contribution in [0, 0.1) is 0 Å². The summed E-state index contributed by atoms with van der Waals surface area (Å²) in [7, 11) is 0. The molecule has 1 rings (SSSR count). The summed E-state index contributed by atoms with van der Waals surface area (Å²) in [5.74, 6) is -0.0577. The summed E-state index contributed by atoms with van der Waals surface area (Å²) in [6.07, 6.45) is 2.48. The van der Waals surface area contributed by atoms with Crippen molar-refractivity contribution in [2.24, 2.45) is 5.73 Å². The van der Waals surface area contributed by atoms with Gasteiger partial charge in [0.2, 0.25) is 11.8 Å². The maximum Gasteiger partial charge on any atom is 0.240 e. The molecule has 0 radical (unpaired) electrons. The van der Waals surface area contributed by atoms with E-state index >= 15 is 0 Å². The Morgan fingerprint density at radius 1 is 1.47 bits per heavy atom. The van der Waals surface area contributed by atoms with Crippen LogP contribution in [0.4, 0.5) is 0 Å². The van der Waals surface area contributed by atoms with Gasteiger partial charge in [0.25, 0.3) is 0 Å². The van der Waals surface area contributed by atoms with E-state index in [-0.39, 0.29) is 30.8 Å². The third kappa shape index (κ3) is 5.37. The molecule has 100 valence electrons. The molecule has 1 aliphatic heterocycles. The molecule has 0 aromatic carbocycles. The van der Waals surface area contributed by atoms with Crippen LogP contribution in [0.5, 0.6) is 0 Å². The Morgan fingerprint density at radius 2 is 2.12 bits per heavy atom. The minimum atomic E-state index is -0.407. The Kier molecular flexibility index (Phi) is 6.49. The van der Waals surface area contributed by atoms with Crippen molar-refractivity contribution in [1.82, 2.24) is 10.2 Å². The quantitative estimate of drug-likeness (QED) is 0.765. The zero-order chi connectivity index (χ0) is 12.2. The van der Waals surface area contributed by atoms with E-state index in [2.05, 4.69) is 5.32 Å². The number of hydrogen-bond acceptors (Lipinski definition) is 3. The first-order valence-electron chi connectivity index (χ1n) is 5.73. The second-order valence-electron chi connectivity index (χ2n) is 4.91. The van der Waals surface area contributed by atoms with Crippen LogP contribution in [0.15, 0.2) is 0 Å². The van der Waals surface area contributed by atoms with Gasteiger partial charge in [-0.3, -0.25) is 9.59 Å². The highest BCUT2D eigenvalue weighted by molar-refractivity contribution is 5.85. The van der Waals surface area contributed by atoms with E-state index in [1.54, 1.807) is 4.90 Å². The number of halogens is 1. The van der Waals surface area contributed by atoms with E-state index in [0.717, 1.165) is 12.8 Å². The minimum Gasteiger partial charge on any atom is -0.348 e. The summed E-state index contributed by atoms with van der Waals surface area (Å²) in [5, 5.41) is 2.82. The molecular formula is C11H22ClN3O2. The van der Waals surface area contributed by atoms with Gasteiger partial charge >= 0.3 is 0 Å². The number of piperidine rings is 1. The van der Waals surface area contributed by atoms with Crippen molar-refractivity contribution in [1.29, 1.82) is 0 Å². The highest BCUT2D eigenvalue weighted by atomic mass is 35.5. The van der Waals surface area contributed by atoms with E-state index in [4.69, 9.17) is 5.73 Å². The summed E-state index contributed by atoms with van der Waals surface area (Å²) in [6, 6.07) is 0. The molecule has 1 saturated heterocycles. The zero-order valence-corrected chi connectivity index (χ0v) is 11.3. The number of rotatable bonds is 4. The maximum absolute atomic E-state index is 11.7. The van der Waals surface area contributed by atoms with E-state index in [0.29, 0.717) is 19.5 Å². The van der Waals surface area contributed by atoms with E-state index < -0.39 is 5.54 Å². The lowest BCUT2D eigenvalue weighted by atomic mass is 10.1. The summed E-state index contributed by atoms with van der Waals surface area (Å²) < 4.78 is 0. The molecule has 0 saturated carbocycles. The molecule has 17 heavy (non-hydrogen) atoms. The Balaban J connectivity index is 0.00000256. The van der Waals surface area contributed by atoms with Gasteiger partial charge in [0.05, 0.1) is 6.54 Å². The third-order valence-electron chi connectivity index (χ3n) is 2.74. The average Bonchev–Trinajstić information content (AvgIpc) is 2.21. The molecule has 0 atom stereocenters. The number of nitrogens with one attached hydrogen (secondary N) is 1. The molecule has 5 nitrogen and oxygen atoms in total. The third-order valence-corrected chi connectivity index (χ3v) is 2.74. The first-order chi connectivity index (χ1) is 7.44. The molecule has 3 N–H and O–H groups in total. The summed E-state index contributed by atoms with van der Waals surface area (Å²) in [4.78, 5) is 24.8. The number of amides is 2. The number of carbonyl (C=O) groups is 2. The Labute approximate surface area is 109 Å². The first-order valence-corrected chi connectivity index (χ1v) is 5.73. The fraction of sp³-hybridized carbons (Fsp3) is 0.818. The topological polar surface area (TPSA) is 75.4 Å². The molecule has 1 fully saturated rings. The highest BCUT2D eigenvalue weighted by Crippen LogP contribution is 2.10. The molecule has 0 aromatic heterocycles. The van der Waals surface area contributed by atoms with Gasteiger partial charge in [0, 0.05) is 25.0 Å². The SMILES string of the molecule is CC(C)(CN)NC(=O)CN1CCCCC1=O.Cl. The van der Waals surface area contributed by atoms with Gasteiger partial charge in [0.1, 0.15) is 0 Å². The van der Waals surface area contributed by atoms with Crippen LogP contribution in [0.3, 0.4) is 0 Å². The molecule has 0 unspecified atom stereocenters. The molecule has 0 bridgehead atoms.